The number of rotatable bonds is 5. The van der Waals surface area contributed by atoms with Crippen molar-refractivity contribution < 1.29 is 9.59 Å². The monoisotopic (exact) mass is 317 g/mol. The number of hydrogen-bond donors (Lipinski definition) is 1. The maximum Gasteiger partial charge on any atom is 0.237 e. The third-order valence-corrected chi connectivity index (χ3v) is 4.64. The summed E-state index contributed by atoms with van der Waals surface area (Å²) < 4.78 is 0. The molecule has 1 aromatic rings. The maximum atomic E-state index is 12.9. The first-order valence-electron chi connectivity index (χ1n) is 8.45. The predicted molar refractivity (Wildman–Crippen MR) is 89.5 cm³/mol. The minimum atomic E-state index is -1.05. The zero-order valence-electron chi connectivity index (χ0n) is 14.3. The molecule has 5 heteroatoms. The summed E-state index contributed by atoms with van der Waals surface area (Å²) in [6.07, 6.45) is 7.58. The molecule has 126 valence electrons. The van der Waals surface area contributed by atoms with Gasteiger partial charge in [0.05, 0.1) is 0 Å². The summed E-state index contributed by atoms with van der Waals surface area (Å²) in [4.78, 5) is 31.4. The molecule has 0 aromatic carbocycles. The van der Waals surface area contributed by atoms with E-state index in [-0.39, 0.29) is 17.9 Å². The first-order valence-corrected chi connectivity index (χ1v) is 8.45. The van der Waals surface area contributed by atoms with Gasteiger partial charge in [-0.05, 0) is 51.2 Å². The van der Waals surface area contributed by atoms with Gasteiger partial charge in [0.25, 0.3) is 0 Å². The number of nitrogens with one attached hydrogen (secondary N) is 1. The highest BCUT2D eigenvalue weighted by Crippen LogP contribution is 2.27. The van der Waals surface area contributed by atoms with Crippen LogP contribution in [-0.2, 0) is 16.1 Å². The van der Waals surface area contributed by atoms with Crippen molar-refractivity contribution in [3.05, 3.63) is 30.1 Å². The van der Waals surface area contributed by atoms with Crippen LogP contribution in [0.25, 0.3) is 0 Å². The molecule has 2 heterocycles. The Bertz CT molecular complexity index is 542. The summed E-state index contributed by atoms with van der Waals surface area (Å²) in [6.45, 7) is 6.69. The fraction of sp³-hybridized carbons (Fsp3) is 0.611. The van der Waals surface area contributed by atoms with E-state index in [0.717, 1.165) is 37.8 Å². The fourth-order valence-corrected chi connectivity index (χ4v) is 3.05. The Labute approximate surface area is 138 Å². The van der Waals surface area contributed by atoms with Gasteiger partial charge in [-0.2, -0.15) is 0 Å². The number of hydrogen-bond acceptors (Lipinski definition) is 3. The molecule has 0 radical (unpaired) electrons. The Hall–Kier alpha value is -1.91. The van der Waals surface area contributed by atoms with Crippen LogP contribution in [0.4, 0.5) is 0 Å². The zero-order valence-corrected chi connectivity index (χ0v) is 14.3. The van der Waals surface area contributed by atoms with E-state index < -0.39 is 5.41 Å². The molecule has 0 bridgehead atoms. The number of piperidine rings is 1. The van der Waals surface area contributed by atoms with Gasteiger partial charge in [0, 0.05) is 31.5 Å². The third kappa shape index (κ3) is 4.09. The number of nitrogens with zero attached hydrogens (tertiary/aromatic N) is 2. The summed E-state index contributed by atoms with van der Waals surface area (Å²) in [5.74, 6) is -0.292. The van der Waals surface area contributed by atoms with Gasteiger partial charge < -0.3 is 10.2 Å². The molecule has 1 N–H and O–H groups in total. The first-order chi connectivity index (χ1) is 11.0. The molecule has 2 rings (SSSR count). The molecule has 0 spiro atoms. The van der Waals surface area contributed by atoms with Crippen molar-refractivity contribution >= 4 is 11.8 Å². The number of carbonyl (C=O) groups is 2. The minimum Gasteiger partial charge on any atom is -0.351 e. The van der Waals surface area contributed by atoms with Crippen LogP contribution in [0.2, 0.25) is 0 Å². The van der Waals surface area contributed by atoms with Crippen molar-refractivity contribution in [1.82, 2.24) is 15.2 Å². The Morgan fingerprint density at radius 3 is 2.83 bits per heavy atom. The molecule has 1 atom stereocenters. The molecule has 1 unspecified atom stereocenters. The van der Waals surface area contributed by atoms with Crippen molar-refractivity contribution in [3.63, 3.8) is 0 Å². The van der Waals surface area contributed by atoms with E-state index in [1.807, 2.05) is 17.0 Å². The lowest BCUT2D eigenvalue weighted by atomic mass is 9.87. The second-order valence-corrected chi connectivity index (χ2v) is 6.73. The predicted octanol–water partition coefficient (Wildman–Crippen LogP) is 2.52. The summed E-state index contributed by atoms with van der Waals surface area (Å²) in [6, 6.07) is 4.00. The van der Waals surface area contributed by atoms with E-state index >= 15 is 0 Å². The average Bonchev–Trinajstić information content (AvgIpc) is 2.59. The van der Waals surface area contributed by atoms with Crippen LogP contribution >= 0.6 is 0 Å². The van der Waals surface area contributed by atoms with Gasteiger partial charge >= 0.3 is 0 Å². The molecule has 1 aliphatic rings. The van der Waals surface area contributed by atoms with Crippen LogP contribution in [0.5, 0.6) is 0 Å². The molecule has 1 aromatic heterocycles. The van der Waals surface area contributed by atoms with Gasteiger partial charge in [-0.25, -0.2) is 0 Å². The SMILES string of the molecule is CCC1CCCCN1C(=O)C(C)(C)C(=O)NCc1cccnc1. The van der Waals surface area contributed by atoms with Gasteiger partial charge in [-0.15, -0.1) is 0 Å². The van der Waals surface area contributed by atoms with Crippen molar-refractivity contribution in [2.24, 2.45) is 5.41 Å². The van der Waals surface area contributed by atoms with E-state index in [0.29, 0.717) is 6.54 Å². The summed E-state index contributed by atoms with van der Waals surface area (Å²) >= 11 is 0. The number of carbonyl (C=O) groups excluding carboxylic acids is 2. The largest absolute Gasteiger partial charge is 0.351 e. The first kappa shape index (κ1) is 17.4. The Morgan fingerprint density at radius 2 is 2.17 bits per heavy atom. The minimum absolute atomic E-state index is 0.0623. The van der Waals surface area contributed by atoms with Gasteiger partial charge in [0.1, 0.15) is 5.41 Å². The fourth-order valence-electron chi connectivity index (χ4n) is 3.05. The molecular weight excluding hydrogens is 290 g/mol. The lowest BCUT2D eigenvalue weighted by Crippen LogP contribution is -2.53. The Morgan fingerprint density at radius 1 is 1.39 bits per heavy atom. The van der Waals surface area contributed by atoms with Gasteiger partial charge in [-0.1, -0.05) is 13.0 Å². The normalized spacial score (nSPS) is 18.6. The van der Waals surface area contributed by atoms with E-state index in [1.165, 1.54) is 0 Å². The van der Waals surface area contributed by atoms with Crippen molar-refractivity contribution in [1.29, 1.82) is 0 Å². The molecule has 0 saturated carbocycles. The van der Waals surface area contributed by atoms with Crippen molar-refractivity contribution in [2.45, 2.75) is 59.0 Å². The summed E-state index contributed by atoms with van der Waals surface area (Å²) in [5.41, 5.74) is -0.124. The van der Waals surface area contributed by atoms with Gasteiger partial charge in [0.15, 0.2) is 0 Å². The summed E-state index contributed by atoms with van der Waals surface area (Å²) in [7, 11) is 0. The van der Waals surface area contributed by atoms with Gasteiger partial charge in [-0.3, -0.25) is 14.6 Å². The molecule has 23 heavy (non-hydrogen) atoms. The molecule has 1 aliphatic heterocycles. The highest BCUT2D eigenvalue weighted by Gasteiger charge is 2.41. The second-order valence-electron chi connectivity index (χ2n) is 6.73. The highest BCUT2D eigenvalue weighted by molar-refractivity contribution is 6.04. The lowest BCUT2D eigenvalue weighted by molar-refractivity contribution is -0.151. The topological polar surface area (TPSA) is 62.3 Å². The number of pyridine rings is 1. The second kappa shape index (κ2) is 7.57. The molecule has 1 fully saturated rings. The maximum absolute atomic E-state index is 12.9. The standard InChI is InChI=1S/C18H27N3O2/c1-4-15-9-5-6-11-21(15)17(23)18(2,3)16(22)20-13-14-8-7-10-19-12-14/h7-8,10,12,15H,4-6,9,11,13H2,1-3H3,(H,20,22). The van der Waals surface area contributed by atoms with E-state index in [9.17, 15) is 9.59 Å². The van der Waals surface area contributed by atoms with Crippen LogP contribution in [0, 0.1) is 5.41 Å². The van der Waals surface area contributed by atoms with Crippen LogP contribution in [0.15, 0.2) is 24.5 Å². The average molecular weight is 317 g/mol. The third-order valence-electron chi connectivity index (χ3n) is 4.64. The van der Waals surface area contributed by atoms with Crippen LogP contribution < -0.4 is 5.32 Å². The molecule has 0 aliphatic carbocycles. The number of likely N-dealkylation sites (tertiary alicyclic amines) is 1. The smallest absolute Gasteiger partial charge is 0.237 e. The molecule has 5 nitrogen and oxygen atoms in total. The number of aromatic nitrogens is 1. The van der Waals surface area contributed by atoms with Crippen LogP contribution in [-0.4, -0.2) is 34.3 Å². The molecule has 1 saturated heterocycles. The van der Waals surface area contributed by atoms with E-state index in [2.05, 4.69) is 17.2 Å². The van der Waals surface area contributed by atoms with Gasteiger partial charge in [0.2, 0.25) is 11.8 Å². The summed E-state index contributed by atoms with van der Waals surface area (Å²) in [5, 5.41) is 2.87. The Kier molecular flexibility index (Phi) is 5.74. The zero-order chi connectivity index (χ0) is 16.9. The highest BCUT2D eigenvalue weighted by atomic mass is 16.2. The molecular formula is C18H27N3O2. The van der Waals surface area contributed by atoms with Crippen molar-refractivity contribution in [3.8, 4) is 0 Å². The quantitative estimate of drug-likeness (QED) is 0.849. The van der Waals surface area contributed by atoms with E-state index in [1.54, 1.807) is 26.2 Å². The number of amides is 2. The van der Waals surface area contributed by atoms with Crippen LogP contribution in [0.3, 0.4) is 0 Å². The van der Waals surface area contributed by atoms with Crippen LogP contribution in [0.1, 0.15) is 52.0 Å². The van der Waals surface area contributed by atoms with Crippen molar-refractivity contribution in [2.75, 3.05) is 6.54 Å². The Balaban J connectivity index is 2.00. The van der Waals surface area contributed by atoms with E-state index in [4.69, 9.17) is 0 Å². The molecule has 2 amide bonds. The lowest BCUT2D eigenvalue weighted by Gasteiger charge is -2.39.